The van der Waals surface area contributed by atoms with Crippen LogP contribution in [-0.4, -0.2) is 39.8 Å². The second-order valence-corrected chi connectivity index (χ2v) is 7.58. The average molecular weight is 458 g/mol. The summed E-state index contributed by atoms with van der Waals surface area (Å²) in [5.41, 5.74) is 2.27. The fourth-order valence-corrected chi connectivity index (χ4v) is 3.53. The number of pyridine rings is 2. The number of carbonyl (C=O) groups excluding carboxylic acids is 1. The predicted molar refractivity (Wildman–Crippen MR) is 115 cm³/mol. The van der Waals surface area contributed by atoms with E-state index in [0.717, 1.165) is 17.0 Å². The first kappa shape index (κ1) is 20.8. The molecule has 0 fully saturated rings. The SMILES string of the molecule is COc1cnc(Cl)cc1-c1cc(C)ncc1C(=O)Nc1nnc(OC2=CCOC=C2)s1. The van der Waals surface area contributed by atoms with E-state index in [2.05, 4.69) is 25.5 Å². The van der Waals surface area contributed by atoms with Gasteiger partial charge in [0.05, 0.1) is 25.1 Å². The van der Waals surface area contributed by atoms with Gasteiger partial charge in [0.15, 0.2) is 0 Å². The Balaban J connectivity index is 1.59. The average Bonchev–Trinajstić information content (AvgIpc) is 3.20. The number of hydrogen-bond acceptors (Lipinski definition) is 9. The number of nitrogens with zero attached hydrogens (tertiary/aromatic N) is 4. The molecule has 0 saturated heterocycles. The van der Waals surface area contributed by atoms with Crippen LogP contribution in [0.3, 0.4) is 0 Å². The lowest BCUT2D eigenvalue weighted by Crippen LogP contribution is -2.14. The molecule has 0 spiro atoms. The Morgan fingerprint density at radius 1 is 1.23 bits per heavy atom. The van der Waals surface area contributed by atoms with Gasteiger partial charge in [0.2, 0.25) is 5.13 Å². The standard InChI is InChI=1S/C20H16ClN5O4S/c1-11-7-13(14-8-17(21)23-10-16(14)28-2)15(9-22-11)18(27)24-19-25-26-20(31-19)30-12-3-5-29-6-4-12/h3-5,7-10H,6H2,1-2H3,(H,24,25,27). The van der Waals surface area contributed by atoms with Crippen molar-refractivity contribution in [1.29, 1.82) is 0 Å². The Bertz CT molecular complexity index is 1190. The number of aryl methyl sites for hydroxylation is 1. The number of allylic oxidation sites excluding steroid dienone is 1. The molecule has 158 valence electrons. The topological polar surface area (TPSA) is 108 Å². The molecule has 0 radical (unpaired) electrons. The van der Waals surface area contributed by atoms with Gasteiger partial charge in [0, 0.05) is 29.1 Å². The Hall–Kier alpha value is -3.50. The number of halogens is 1. The van der Waals surface area contributed by atoms with Crippen molar-refractivity contribution in [2.75, 3.05) is 19.0 Å². The summed E-state index contributed by atoms with van der Waals surface area (Å²) < 4.78 is 16.1. The highest BCUT2D eigenvalue weighted by Gasteiger charge is 2.19. The molecule has 1 amide bonds. The first-order chi connectivity index (χ1) is 15.0. The molecule has 0 aliphatic carbocycles. The zero-order valence-electron chi connectivity index (χ0n) is 16.5. The third-order valence-corrected chi connectivity index (χ3v) is 5.09. The highest BCUT2D eigenvalue weighted by molar-refractivity contribution is 7.17. The molecular weight excluding hydrogens is 442 g/mol. The highest BCUT2D eigenvalue weighted by Crippen LogP contribution is 2.34. The highest BCUT2D eigenvalue weighted by atomic mass is 35.5. The minimum Gasteiger partial charge on any atom is -0.497 e. The van der Waals surface area contributed by atoms with Gasteiger partial charge in [-0.05, 0) is 36.5 Å². The molecule has 3 aromatic heterocycles. The molecule has 4 heterocycles. The summed E-state index contributed by atoms with van der Waals surface area (Å²) in [4.78, 5) is 21.3. The van der Waals surface area contributed by atoms with E-state index in [1.165, 1.54) is 25.8 Å². The Kier molecular flexibility index (Phi) is 6.10. The third-order valence-electron chi connectivity index (χ3n) is 4.17. The zero-order valence-corrected chi connectivity index (χ0v) is 18.0. The number of methoxy groups -OCH3 is 1. The summed E-state index contributed by atoms with van der Waals surface area (Å²) in [6.45, 7) is 2.24. The molecule has 11 heteroatoms. The number of hydrogen-bond donors (Lipinski definition) is 1. The van der Waals surface area contributed by atoms with E-state index >= 15 is 0 Å². The third kappa shape index (κ3) is 4.81. The maximum Gasteiger partial charge on any atom is 0.301 e. The van der Waals surface area contributed by atoms with Crippen molar-refractivity contribution >= 4 is 34.0 Å². The van der Waals surface area contributed by atoms with E-state index < -0.39 is 5.91 Å². The zero-order chi connectivity index (χ0) is 21.8. The summed E-state index contributed by atoms with van der Waals surface area (Å²) >= 11 is 7.17. The lowest BCUT2D eigenvalue weighted by atomic mass is 10.0. The van der Waals surface area contributed by atoms with Crippen molar-refractivity contribution < 1.29 is 19.0 Å². The van der Waals surface area contributed by atoms with Gasteiger partial charge in [-0.25, -0.2) is 4.98 Å². The molecule has 0 aromatic carbocycles. The molecule has 0 atom stereocenters. The molecule has 1 aliphatic rings. The summed E-state index contributed by atoms with van der Waals surface area (Å²) in [5, 5.41) is 11.5. The van der Waals surface area contributed by atoms with Crippen molar-refractivity contribution in [2.45, 2.75) is 6.92 Å². The fraction of sp³-hybridized carbons (Fsp3) is 0.150. The number of anilines is 1. The predicted octanol–water partition coefficient (Wildman–Crippen LogP) is 4.02. The molecule has 9 nitrogen and oxygen atoms in total. The first-order valence-electron chi connectivity index (χ1n) is 9.01. The number of ether oxygens (including phenoxy) is 3. The van der Waals surface area contributed by atoms with Crippen LogP contribution in [0.2, 0.25) is 5.15 Å². The smallest absolute Gasteiger partial charge is 0.301 e. The van der Waals surface area contributed by atoms with Gasteiger partial charge in [-0.15, -0.1) is 5.10 Å². The molecule has 3 aromatic rings. The number of aromatic nitrogens is 4. The van der Waals surface area contributed by atoms with Crippen LogP contribution >= 0.6 is 22.9 Å². The van der Waals surface area contributed by atoms with E-state index in [1.807, 2.05) is 6.92 Å². The van der Waals surface area contributed by atoms with Crippen molar-refractivity contribution in [3.63, 3.8) is 0 Å². The van der Waals surface area contributed by atoms with E-state index in [1.54, 1.807) is 24.3 Å². The maximum atomic E-state index is 13.0. The second-order valence-electron chi connectivity index (χ2n) is 6.25. The Labute approximate surface area is 186 Å². The van der Waals surface area contributed by atoms with Crippen LogP contribution < -0.4 is 14.8 Å². The van der Waals surface area contributed by atoms with E-state index in [9.17, 15) is 4.79 Å². The minimum absolute atomic E-state index is 0.277. The first-order valence-corrected chi connectivity index (χ1v) is 10.2. The molecule has 0 unspecified atom stereocenters. The summed E-state index contributed by atoms with van der Waals surface area (Å²) in [6, 6.07) is 3.42. The van der Waals surface area contributed by atoms with Gasteiger partial charge in [-0.3, -0.25) is 15.1 Å². The number of nitrogens with one attached hydrogen (secondary N) is 1. The van der Waals surface area contributed by atoms with Crippen molar-refractivity contribution in [3.8, 4) is 22.1 Å². The van der Waals surface area contributed by atoms with Crippen LogP contribution in [0.1, 0.15) is 16.1 Å². The number of amides is 1. The summed E-state index contributed by atoms with van der Waals surface area (Å²) in [7, 11) is 1.52. The summed E-state index contributed by atoms with van der Waals surface area (Å²) in [6.07, 6.45) is 7.95. The lowest BCUT2D eigenvalue weighted by Gasteiger charge is -2.13. The van der Waals surface area contributed by atoms with Crippen LogP contribution in [0, 0.1) is 6.92 Å². The quantitative estimate of drug-likeness (QED) is 0.553. The molecular formula is C20H16ClN5O4S. The van der Waals surface area contributed by atoms with Crippen molar-refractivity contribution in [1.82, 2.24) is 20.2 Å². The van der Waals surface area contributed by atoms with Gasteiger partial charge in [0.25, 0.3) is 5.91 Å². The van der Waals surface area contributed by atoms with E-state index in [0.29, 0.717) is 34.8 Å². The Morgan fingerprint density at radius 3 is 2.87 bits per heavy atom. The van der Waals surface area contributed by atoms with Crippen LogP contribution in [-0.2, 0) is 4.74 Å². The van der Waals surface area contributed by atoms with Crippen molar-refractivity contribution in [2.24, 2.45) is 0 Å². The second kappa shape index (κ2) is 9.11. The molecule has 1 aliphatic heterocycles. The van der Waals surface area contributed by atoms with Crippen LogP contribution in [0.4, 0.5) is 5.13 Å². The number of rotatable bonds is 6. The van der Waals surface area contributed by atoms with Gasteiger partial charge < -0.3 is 14.2 Å². The largest absolute Gasteiger partial charge is 0.497 e. The molecule has 4 rings (SSSR count). The summed E-state index contributed by atoms with van der Waals surface area (Å²) in [5.74, 6) is 0.658. The van der Waals surface area contributed by atoms with Crippen LogP contribution in [0.25, 0.3) is 11.1 Å². The number of carbonyl (C=O) groups is 1. The van der Waals surface area contributed by atoms with E-state index in [-0.39, 0.29) is 15.5 Å². The van der Waals surface area contributed by atoms with Crippen LogP contribution in [0.15, 0.2) is 48.7 Å². The van der Waals surface area contributed by atoms with Gasteiger partial charge in [-0.1, -0.05) is 16.7 Å². The van der Waals surface area contributed by atoms with Crippen molar-refractivity contribution in [3.05, 3.63) is 65.1 Å². The monoisotopic (exact) mass is 457 g/mol. The van der Waals surface area contributed by atoms with Crippen LogP contribution in [0.5, 0.6) is 10.9 Å². The fourth-order valence-electron chi connectivity index (χ4n) is 2.77. The molecule has 0 bridgehead atoms. The van der Waals surface area contributed by atoms with Gasteiger partial charge >= 0.3 is 5.19 Å². The molecule has 1 N–H and O–H groups in total. The normalized spacial score (nSPS) is 12.7. The Morgan fingerprint density at radius 2 is 2.10 bits per heavy atom. The lowest BCUT2D eigenvalue weighted by molar-refractivity contribution is 0.102. The maximum absolute atomic E-state index is 13.0. The minimum atomic E-state index is -0.412. The molecule has 31 heavy (non-hydrogen) atoms. The molecule has 0 saturated carbocycles. The van der Waals surface area contributed by atoms with Gasteiger partial charge in [-0.2, -0.15) is 0 Å². The van der Waals surface area contributed by atoms with E-state index in [4.69, 9.17) is 25.8 Å². The van der Waals surface area contributed by atoms with Gasteiger partial charge in [0.1, 0.15) is 23.3 Å².